The molecule has 0 saturated heterocycles. The van der Waals surface area contributed by atoms with Crippen molar-refractivity contribution in [2.75, 3.05) is 0 Å². The van der Waals surface area contributed by atoms with Crippen LogP contribution in [0.25, 0.3) is 11.0 Å². The highest BCUT2D eigenvalue weighted by Crippen LogP contribution is 2.33. The lowest BCUT2D eigenvalue weighted by Gasteiger charge is -2.07. The van der Waals surface area contributed by atoms with Crippen molar-refractivity contribution in [1.82, 2.24) is 9.97 Å². The molecule has 1 aromatic carbocycles. The first-order chi connectivity index (χ1) is 9.50. The molecule has 0 atom stereocenters. The molecule has 0 aliphatic rings. The highest BCUT2D eigenvalue weighted by atomic mass is 79.9. The fourth-order valence-corrected chi connectivity index (χ4v) is 4.61. The average molecular weight is 351 g/mol. The van der Waals surface area contributed by atoms with E-state index in [0.29, 0.717) is 15.5 Å². The fourth-order valence-electron chi connectivity index (χ4n) is 2.15. The Bertz CT molecular complexity index is 886. The summed E-state index contributed by atoms with van der Waals surface area (Å²) in [5.41, 5.74) is 1.44. The Labute approximate surface area is 124 Å². The van der Waals surface area contributed by atoms with Crippen LogP contribution in [0.1, 0.15) is 5.69 Å². The minimum Gasteiger partial charge on any atom is -0.344 e. The number of halogens is 1. The maximum absolute atomic E-state index is 12.8. The highest BCUT2D eigenvalue weighted by molar-refractivity contribution is 9.10. The number of hydrogen-bond donors (Lipinski definition) is 1. The van der Waals surface area contributed by atoms with Gasteiger partial charge in [0, 0.05) is 17.3 Å². The van der Waals surface area contributed by atoms with Crippen LogP contribution in [-0.4, -0.2) is 18.4 Å². The van der Waals surface area contributed by atoms with Gasteiger partial charge in [-0.3, -0.25) is 0 Å². The molecule has 3 aromatic rings. The van der Waals surface area contributed by atoms with Crippen molar-refractivity contribution in [2.45, 2.75) is 16.7 Å². The Morgan fingerprint density at radius 1 is 1.20 bits per heavy atom. The topological polar surface area (TPSA) is 62.8 Å². The molecule has 2 heterocycles. The van der Waals surface area contributed by atoms with Crippen molar-refractivity contribution in [3.8, 4) is 0 Å². The molecule has 102 valence electrons. The predicted molar refractivity (Wildman–Crippen MR) is 80.4 cm³/mol. The lowest BCUT2D eigenvalue weighted by Crippen LogP contribution is -2.04. The van der Waals surface area contributed by atoms with Crippen LogP contribution in [0.3, 0.4) is 0 Å². The van der Waals surface area contributed by atoms with Gasteiger partial charge in [0.2, 0.25) is 9.84 Å². The smallest absolute Gasteiger partial charge is 0.208 e. The molecule has 0 fully saturated rings. The molecule has 2 aromatic heterocycles. The van der Waals surface area contributed by atoms with Crippen LogP contribution in [0.15, 0.2) is 56.9 Å². The Morgan fingerprint density at radius 3 is 2.60 bits per heavy atom. The van der Waals surface area contributed by atoms with E-state index in [0.717, 1.165) is 5.69 Å². The van der Waals surface area contributed by atoms with E-state index in [1.54, 1.807) is 36.4 Å². The SMILES string of the molecule is Cc1cc2c(S(=O)(=O)c3ccccc3)c(Br)cnc2[nH]1. The minimum atomic E-state index is -3.59. The van der Waals surface area contributed by atoms with E-state index in [-0.39, 0.29) is 9.79 Å². The van der Waals surface area contributed by atoms with Gasteiger partial charge in [0.05, 0.1) is 14.3 Å². The Morgan fingerprint density at radius 2 is 1.90 bits per heavy atom. The van der Waals surface area contributed by atoms with Gasteiger partial charge >= 0.3 is 0 Å². The first kappa shape index (κ1) is 13.3. The average Bonchev–Trinajstić information content (AvgIpc) is 2.79. The zero-order valence-corrected chi connectivity index (χ0v) is 13.0. The van der Waals surface area contributed by atoms with Crippen molar-refractivity contribution >= 4 is 36.8 Å². The number of aromatic nitrogens is 2. The van der Waals surface area contributed by atoms with Gasteiger partial charge in [0.1, 0.15) is 5.65 Å². The Kier molecular flexibility index (Phi) is 3.14. The molecule has 0 unspecified atom stereocenters. The number of nitrogens with zero attached hydrogens (tertiary/aromatic N) is 1. The van der Waals surface area contributed by atoms with Crippen LogP contribution in [0.4, 0.5) is 0 Å². The molecule has 6 heteroatoms. The normalized spacial score (nSPS) is 11.9. The molecule has 0 aliphatic carbocycles. The van der Waals surface area contributed by atoms with E-state index in [4.69, 9.17) is 0 Å². The lowest BCUT2D eigenvalue weighted by atomic mass is 10.3. The van der Waals surface area contributed by atoms with Crippen LogP contribution in [0.2, 0.25) is 0 Å². The number of H-pyrrole nitrogens is 1. The third-order valence-electron chi connectivity index (χ3n) is 3.02. The number of nitrogens with one attached hydrogen (secondary N) is 1. The number of rotatable bonds is 2. The summed E-state index contributed by atoms with van der Waals surface area (Å²) in [6.45, 7) is 1.87. The zero-order valence-electron chi connectivity index (χ0n) is 10.6. The summed E-state index contributed by atoms with van der Waals surface area (Å²) in [5, 5.41) is 0.598. The van der Waals surface area contributed by atoms with E-state index < -0.39 is 9.84 Å². The first-order valence-electron chi connectivity index (χ1n) is 5.94. The monoisotopic (exact) mass is 350 g/mol. The van der Waals surface area contributed by atoms with Crippen molar-refractivity contribution in [3.05, 3.63) is 52.8 Å². The molecule has 0 amide bonds. The summed E-state index contributed by atoms with van der Waals surface area (Å²) < 4.78 is 26.1. The number of hydrogen-bond acceptors (Lipinski definition) is 3. The molecule has 20 heavy (non-hydrogen) atoms. The summed E-state index contributed by atoms with van der Waals surface area (Å²) in [7, 11) is -3.59. The third-order valence-corrected chi connectivity index (χ3v) is 5.76. The number of aromatic amines is 1. The highest BCUT2D eigenvalue weighted by Gasteiger charge is 2.24. The van der Waals surface area contributed by atoms with E-state index in [2.05, 4.69) is 25.9 Å². The number of fused-ring (bicyclic) bond motifs is 1. The molecule has 0 aliphatic heterocycles. The van der Waals surface area contributed by atoms with Gasteiger partial charge < -0.3 is 4.98 Å². The first-order valence-corrected chi connectivity index (χ1v) is 8.22. The van der Waals surface area contributed by atoms with Crippen molar-refractivity contribution < 1.29 is 8.42 Å². The fraction of sp³-hybridized carbons (Fsp3) is 0.0714. The van der Waals surface area contributed by atoms with E-state index in [1.165, 1.54) is 6.20 Å². The van der Waals surface area contributed by atoms with Gasteiger partial charge in [0.15, 0.2) is 0 Å². The number of benzene rings is 1. The largest absolute Gasteiger partial charge is 0.344 e. The van der Waals surface area contributed by atoms with Crippen LogP contribution in [-0.2, 0) is 9.84 Å². The van der Waals surface area contributed by atoms with Gasteiger partial charge in [-0.15, -0.1) is 0 Å². The number of aryl methyl sites for hydroxylation is 1. The molecule has 0 bridgehead atoms. The summed E-state index contributed by atoms with van der Waals surface area (Å²) >= 11 is 3.30. The summed E-state index contributed by atoms with van der Waals surface area (Å²) in [6.07, 6.45) is 1.51. The Balaban J connectivity index is 2.37. The minimum absolute atomic E-state index is 0.248. The second kappa shape index (κ2) is 4.71. The quantitative estimate of drug-likeness (QED) is 0.769. The van der Waals surface area contributed by atoms with Crippen LogP contribution < -0.4 is 0 Å². The van der Waals surface area contributed by atoms with Crippen molar-refractivity contribution in [3.63, 3.8) is 0 Å². The van der Waals surface area contributed by atoms with Crippen molar-refractivity contribution in [2.24, 2.45) is 0 Å². The molecule has 0 spiro atoms. The molecule has 0 radical (unpaired) electrons. The van der Waals surface area contributed by atoms with Crippen LogP contribution >= 0.6 is 15.9 Å². The molecule has 0 saturated carbocycles. The zero-order chi connectivity index (χ0) is 14.3. The molecule has 1 N–H and O–H groups in total. The summed E-state index contributed by atoms with van der Waals surface area (Å²) in [6, 6.07) is 10.2. The van der Waals surface area contributed by atoms with Crippen molar-refractivity contribution in [1.29, 1.82) is 0 Å². The van der Waals surface area contributed by atoms with Crippen LogP contribution in [0.5, 0.6) is 0 Å². The van der Waals surface area contributed by atoms with Gasteiger partial charge in [-0.1, -0.05) is 18.2 Å². The van der Waals surface area contributed by atoms with Gasteiger partial charge in [-0.05, 0) is 41.1 Å². The second-order valence-corrected chi connectivity index (χ2v) is 7.21. The third kappa shape index (κ3) is 2.05. The molecular formula is C14H11BrN2O2S. The maximum atomic E-state index is 12.8. The molecule has 3 rings (SSSR count). The van der Waals surface area contributed by atoms with E-state index >= 15 is 0 Å². The van der Waals surface area contributed by atoms with Gasteiger partial charge in [-0.25, -0.2) is 13.4 Å². The predicted octanol–water partition coefficient (Wildman–Crippen LogP) is 3.47. The second-order valence-electron chi connectivity index (χ2n) is 4.47. The van der Waals surface area contributed by atoms with E-state index in [1.807, 2.05) is 6.92 Å². The van der Waals surface area contributed by atoms with Gasteiger partial charge in [-0.2, -0.15) is 0 Å². The summed E-state index contributed by atoms with van der Waals surface area (Å²) in [4.78, 5) is 7.77. The van der Waals surface area contributed by atoms with Crippen LogP contribution in [0, 0.1) is 6.92 Å². The summed E-state index contributed by atoms with van der Waals surface area (Å²) in [5.74, 6) is 0. The molecule has 4 nitrogen and oxygen atoms in total. The number of sulfone groups is 1. The van der Waals surface area contributed by atoms with Gasteiger partial charge in [0.25, 0.3) is 0 Å². The standard InChI is InChI=1S/C14H11BrN2O2S/c1-9-7-11-13(12(15)8-16-14(11)17-9)20(18,19)10-5-3-2-4-6-10/h2-8H,1H3,(H,16,17). The number of pyridine rings is 1. The molecular weight excluding hydrogens is 340 g/mol. The maximum Gasteiger partial charge on any atom is 0.208 e. The lowest BCUT2D eigenvalue weighted by molar-refractivity contribution is 0.596. The Hall–Kier alpha value is -1.66. The van der Waals surface area contributed by atoms with E-state index in [9.17, 15) is 8.42 Å².